The average molecular weight is 452 g/mol. The van der Waals surface area contributed by atoms with E-state index in [0.717, 1.165) is 35.7 Å². The summed E-state index contributed by atoms with van der Waals surface area (Å²) in [6.07, 6.45) is 1.15. The highest BCUT2D eigenvalue weighted by atomic mass is 35.5. The molecule has 0 amide bonds. The predicted octanol–water partition coefficient (Wildman–Crippen LogP) is 4.09. The van der Waals surface area contributed by atoms with Gasteiger partial charge in [-0.1, -0.05) is 35.3 Å². The lowest BCUT2D eigenvalue weighted by atomic mass is 10.2. The molecule has 0 radical (unpaired) electrons. The number of esters is 1. The van der Waals surface area contributed by atoms with Gasteiger partial charge in [0.15, 0.2) is 5.56 Å². The van der Waals surface area contributed by atoms with Gasteiger partial charge >= 0.3 is 5.97 Å². The third-order valence-corrected chi connectivity index (χ3v) is 4.78. The number of carbonyl (C=O) groups excluding carboxylic acids is 1. The first-order valence-electron chi connectivity index (χ1n) is 8.57. The summed E-state index contributed by atoms with van der Waals surface area (Å²) < 4.78 is 24.3. The van der Waals surface area contributed by atoms with Crippen LogP contribution in [0.5, 0.6) is 5.75 Å². The molecule has 0 aliphatic heterocycles. The molecule has 0 atom stereocenters. The van der Waals surface area contributed by atoms with Gasteiger partial charge in [0.2, 0.25) is 0 Å². The third kappa shape index (κ3) is 4.39. The van der Waals surface area contributed by atoms with Crippen LogP contribution in [0, 0.1) is 5.82 Å². The maximum Gasteiger partial charge on any atom is 0.347 e. The van der Waals surface area contributed by atoms with Crippen molar-refractivity contribution in [2.75, 3.05) is 19.5 Å². The quantitative estimate of drug-likeness (QED) is 0.568. The second-order valence-corrected chi connectivity index (χ2v) is 6.87. The lowest BCUT2D eigenvalue weighted by Crippen LogP contribution is -2.29. The Morgan fingerprint density at radius 2 is 1.80 bits per heavy atom. The zero-order chi connectivity index (χ0) is 21.8. The Balaban J connectivity index is 2.02. The van der Waals surface area contributed by atoms with Crippen LogP contribution in [-0.2, 0) is 11.3 Å². The lowest BCUT2D eigenvalue weighted by molar-refractivity contribution is 0.0599. The molecule has 7 nitrogen and oxygen atoms in total. The van der Waals surface area contributed by atoms with E-state index in [-0.39, 0.29) is 33.7 Å². The summed E-state index contributed by atoms with van der Waals surface area (Å²) in [4.78, 5) is 29.5. The minimum atomic E-state index is -0.895. The van der Waals surface area contributed by atoms with Gasteiger partial charge in [-0.2, -0.15) is 0 Å². The number of nitrogens with one attached hydrogen (secondary N) is 1. The predicted molar refractivity (Wildman–Crippen MR) is 111 cm³/mol. The molecule has 0 aliphatic carbocycles. The van der Waals surface area contributed by atoms with Crippen LogP contribution >= 0.6 is 23.2 Å². The molecule has 30 heavy (non-hydrogen) atoms. The molecule has 1 heterocycles. The molecular weight excluding hydrogens is 436 g/mol. The summed E-state index contributed by atoms with van der Waals surface area (Å²) in [6, 6.07) is 9.21. The summed E-state index contributed by atoms with van der Waals surface area (Å²) in [6.45, 7) is 0.280. The van der Waals surface area contributed by atoms with E-state index in [1.54, 1.807) is 19.2 Å². The number of anilines is 1. The normalized spacial score (nSPS) is 10.6. The number of nitrogens with zero attached hydrogens (tertiary/aromatic N) is 2. The zero-order valence-electron chi connectivity index (χ0n) is 15.9. The van der Waals surface area contributed by atoms with Gasteiger partial charge < -0.3 is 14.8 Å². The molecule has 156 valence electrons. The van der Waals surface area contributed by atoms with Crippen LogP contribution in [0.2, 0.25) is 10.0 Å². The number of methoxy groups -OCH3 is 2. The van der Waals surface area contributed by atoms with Crippen molar-refractivity contribution in [1.82, 2.24) is 9.55 Å². The molecule has 0 unspecified atom stereocenters. The molecule has 1 N–H and O–H groups in total. The number of aromatic nitrogens is 2. The van der Waals surface area contributed by atoms with Gasteiger partial charge in [0, 0.05) is 6.54 Å². The molecule has 1 aromatic heterocycles. The van der Waals surface area contributed by atoms with E-state index in [1.165, 1.54) is 0 Å². The first kappa shape index (κ1) is 21.6. The smallest absolute Gasteiger partial charge is 0.347 e. The van der Waals surface area contributed by atoms with Crippen LogP contribution in [0.4, 0.5) is 10.2 Å². The minimum Gasteiger partial charge on any atom is -0.497 e. The van der Waals surface area contributed by atoms with Gasteiger partial charge in [-0.25, -0.2) is 14.2 Å². The number of carbonyl (C=O) groups is 1. The van der Waals surface area contributed by atoms with Crippen molar-refractivity contribution < 1.29 is 18.7 Å². The molecule has 0 bridgehead atoms. The number of rotatable bonds is 6. The maximum absolute atomic E-state index is 13.5. The van der Waals surface area contributed by atoms with Crippen molar-refractivity contribution >= 4 is 35.0 Å². The Hall–Kier alpha value is -3.10. The topological polar surface area (TPSA) is 82.4 Å². The van der Waals surface area contributed by atoms with Crippen LogP contribution in [0.25, 0.3) is 5.69 Å². The van der Waals surface area contributed by atoms with Crippen molar-refractivity contribution in [3.63, 3.8) is 0 Å². The van der Waals surface area contributed by atoms with Gasteiger partial charge in [0.1, 0.15) is 23.7 Å². The van der Waals surface area contributed by atoms with Gasteiger partial charge in [0.05, 0.1) is 30.0 Å². The second kappa shape index (κ2) is 9.15. The SMILES string of the molecule is COC(=O)c1c(NCc2ccc(OC)cc2)ncn(-c2c(Cl)cc(F)cc2Cl)c1=O. The molecule has 0 fully saturated rings. The molecule has 0 saturated heterocycles. The monoisotopic (exact) mass is 451 g/mol. The van der Waals surface area contributed by atoms with Crippen LogP contribution < -0.4 is 15.6 Å². The molecule has 3 rings (SSSR count). The number of ether oxygens (including phenoxy) is 2. The van der Waals surface area contributed by atoms with Gasteiger partial charge in [0.25, 0.3) is 5.56 Å². The Morgan fingerprint density at radius 1 is 1.17 bits per heavy atom. The maximum atomic E-state index is 13.5. The third-order valence-electron chi connectivity index (χ3n) is 4.20. The molecule has 3 aromatic rings. The first-order valence-corrected chi connectivity index (χ1v) is 9.33. The summed E-state index contributed by atoms with van der Waals surface area (Å²) in [5.74, 6) is -0.842. The van der Waals surface area contributed by atoms with Crippen molar-refractivity contribution in [1.29, 1.82) is 0 Å². The highest BCUT2D eigenvalue weighted by molar-refractivity contribution is 6.37. The van der Waals surface area contributed by atoms with E-state index in [1.807, 2.05) is 12.1 Å². The van der Waals surface area contributed by atoms with Crippen molar-refractivity contribution in [2.24, 2.45) is 0 Å². The summed E-state index contributed by atoms with van der Waals surface area (Å²) >= 11 is 12.1. The minimum absolute atomic E-state index is 0.00379. The molecule has 0 aliphatic rings. The van der Waals surface area contributed by atoms with Crippen LogP contribution in [0.15, 0.2) is 47.5 Å². The first-order chi connectivity index (χ1) is 14.3. The van der Waals surface area contributed by atoms with E-state index >= 15 is 0 Å². The second-order valence-electron chi connectivity index (χ2n) is 6.05. The Kier molecular flexibility index (Phi) is 6.59. The summed E-state index contributed by atoms with van der Waals surface area (Å²) in [5.41, 5.74) is -0.249. The number of halogens is 3. The highest BCUT2D eigenvalue weighted by Gasteiger charge is 2.23. The Morgan fingerprint density at radius 3 is 2.37 bits per heavy atom. The summed E-state index contributed by atoms with van der Waals surface area (Å²) in [5, 5.41) is 2.72. The number of hydrogen-bond donors (Lipinski definition) is 1. The molecule has 2 aromatic carbocycles. The van der Waals surface area contributed by atoms with Crippen LogP contribution in [0.1, 0.15) is 15.9 Å². The fourth-order valence-electron chi connectivity index (χ4n) is 2.73. The number of hydrogen-bond acceptors (Lipinski definition) is 6. The van der Waals surface area contributed by atoms with Crippen molar-refractivity contribution in [3.8, 4) is 11.4 Å². The standard InChI is InChI=1S/C20H16Cl2FN3O4/c1-29-13-5-3-11(4-6-13)9-24-18-16(20(28)30-2)19(27)26(10-25-18)17-14(21)7-12(23)8-15(17)22/h3-8,10,24H,9H2,1-2H3. The van der Waals surface area contributed by atoms with E-state index in [2.05, 4.69) is 10.3 Å². The number of benzene rings is 2. The lowest BCUT2D eigenvalue weighted by Gasteiger charge is -2.14. The Labute approximate surface area is 181 Å². The highest BCUT2D eigenvalue weighted by Crippen LogP contribution is 2.29. The Bertz CT molecular complexity index is 1130. The van der Waals surface area contributed by atoms with Gasteiger partial charge in [-0.05, 0) is 29.8 Å². The van der Waals surface area contributed by atoms with Crippen molar-refractivity contribution in [2.45, 2.75) is 6.54 Å². The van der Waals surface area contributed by atoms with Gasteiger partial charge in [-0.15, -0.1) is 0 Å². The molecule has 0 spiro atoms. The van der Waals surface area contributed by atoms with Crippen LogP contribution in [-0.4, -0.2) is 29.7 Å². The van der Waals surface area contributed by atoms with Gasteiger partial charge in [-0.3, -0.25) is 9.36 Å². The van der Waals surface area contributed by atoms with E-state index in [9.17, 15) is 14.0 Å². The van der Waals surface area contributed by atoms with E-state index < -0.39 is 17.3 Å². The fourth-order valence-corrected chi connectivity index (χ4v) is 3.37. The largest absolute Gasteiger partial charge is 0.497 e. The zero-order valence-corrected chi connectivity index (χ0v) is 17.4. The van der Waals surface area contributed by atoms with Crippen LogP contribution in [0.3, 0.4) is 0 Å². The molecular formula is C20H16Cl2FN3O4. The van der Waals surface area contributed by atoms with E-state index in [4.69, 9.17) is 32.7 Å². The molecule has 10 heteroatoms. The fraction of sp³-hybridized carbons (Fsp3) is 0.150. The van der Waals surface area contributed by atoms with E-state index in [0.29, 0.717) is 5.75 Å². The summed E-state index contributed by atoms with van der Waals surface area (Å²) in [7, 11) is 2.71. The van der Waals surface area contributed by atoms with Crippen molar-refractivity contribution in [3.05, 3.63) is 80.1 Å². The molecule has 0 saturated carbocycles. The average Bonchev–Trinajstić information content (AvgIpc) is 2.72.